The van der Waals surface area contributed by atoms with Crippen LogP contribution in [0.5, 0.6) is 0 Å². The van der Waals surface area contributed by atoms with E-state index in [1.807, 2.05) is 16.8 Å². The molecule has 0 saturated heterocycles. The first-order valence-electron chi connectivity index (χ1n) is 7.68. The van der Waals surface area contributed by atoms with Crippen molar-refractivity contribution in [1.82, 2.24) is 20.2 Å². The predicted molar refractivity (Wildman–Crippen MR) is 96.7 cm³/mol. The van der Waals surface area contributed by atoms with E-state index in [0.717, 1.165) is 22.5 Å². The van der Waals surface area contributed by atoms with Crippen LogP contribution >= 0.6 is 22.9 Å². The van der Waals surface area contributed by atoms with Crippen molar-refractivity contribution in [2.24, 2.45) is 0 Å². The van der Waals surface area contributed by atoms with Gasteiger partial charge in [0.2, 0.25) is 5.82 Å². The second-order valence-electron chi connectivity index (χ2n) is 5.40. The highest BCUT2D eigenvalue weighted by Crippen LogP contribution is 2.22. The van der Waals surface area contributed by atoms with E-state index in [-0.39, 0.29) is 17.3 Å². The van der Waals surface area contributed by atoms with Gasteiger partial charge in [0.05, 0.1) is 10.7 Å². The van der Waals surface area contributed by atoms with Crippen LogP contribution in [-0.4, -0.2) is 38.2 Å². The summed E-state index contributed by atoms with van der Waals surface area (Å²) in [5, 5.41) is 17.9. The van der Waals surface area contributed by atoms with E-state index in [0.29, 0.717) is 5.82 Å². The number of hydrogen-bond donors (Lipinski definition) is 1. The van der Waals surface area contributed by atoms with Crippen molar-refractivity contribution in [3.63, 3.8) is 0 Å². The number of carbonyl (C=O) groups excluding carboxylic acids is 2. The van der Waals surface area contributed by atoms with Gasteiger partial charge < -0.3 is 10.1 Å². The molecule has 8 nitrogen and oxygen atoms in total. The summed E-state index contributed by atoms with van der Waals surface area (Å²) in [5.74, 6) is -1.46. The summed E-state index contributed by atoms with van der Waals surface area (Å²) in [5.41, 5.74) is 1.01. The molecule has 0 aliphatic rings. The molecule has 2 aromatic heterocycles. The first-order valence-corrected chi connectivity index (χ1v) is 9.00. The van der Waals surface area contributed by atoms with Crippen molar-refractivity contribution < 1.29 is 18.7 Å². The molecular formula is C16H13ClFN5O3S. The normalized spacial score (nSPS) is 11.8. The summed E-state index contributed by atoms with van der Waals surface area (Å²) in [4.78, 5) is 25.2. The lowest BCUT2D eigenvalue weighted by molar-refractivity contribution is -0.154. The summed E-state index contributed by atoms with van der Waals surface area (Å²) in [7, 11) is 0. The van der Waals surface area contributed by atoms with Crippen molar-refractivity contribution in [3.05, 3.63) is 45.9 Å². The van der Waals surface area contributed by atoms with E-state index in [1.165, 1.54) is 24.3 Å². The minimum atomic E-state index is -1.10. The van der Waals surface area contributed by atoms with E-state index in [2.05, 4.69) is 20.7 Å². The molecule has 0 radical (unpaired) electrons. The molecule has 3 aromatic rings. The first kappa shape index (κ1) is 18.9. The zero-order chi connectivity index (χ0) is 19.4. The highest BCUT2D eigenvalue weighted by atomic mass is 35.5. The second-order valence-corrected chi connectivity index (χ2v) is 6.59. The van der Waals surface area contributed by atoms with Crippen molar-refractivity contribution in [1.29, 1.82) is 0 Å². The Hall–Kier alpha value is -2.85. The number of aromatic nitrogens is 4. The van der Waals surface area contributed by atoms with Crippen LogP contribution in [0.3, 0.4) is 0 Å². The largest absolute Gasteiger partial charge is 0.451 e. The minimum Gasteiger partial charge on any atom is -0.451 e. The molecule has 140 valence electrons. The van der Waals surface area contributed by atoms with Gasteiger partial charge in [0.25, 0.3) is 5.91 Å². The zero-order valence-electron chi connectivity index (χ0n) is 13.9. The molecule has 1 aromatic carbocycles. The highest BCUT2D eigenvalue weighted by Gasteiger charge is 2.20. The fourth-order valence-corrected chi connectivity index (χ4v) is 2.89. The lowest BCUT2D eigenvalue weighted by Gasteiger charge is -2.14. The van der Waals surface area contributed by atoms with Crippen LogP contribution in [0.25, 0.3) is 11.4 Å². The van der Waals surface area contributed by atoms with E-state index in [1.54, 1.807) is 0 Å². The van der Waals surface area contributed by atoms with E-state index >= 15 is 0 Å². The average molecular weight is 410 g/mol. The number of rotatable bonds is 6. The first-order chi connectivity index (χ1) is 12.9. The molecule has 0 fully saturated rings. The van der Waals surface area contributed by atoms with E-state index in [9.17, 15) is 14.0 Å². The third kappa shape index (κ3) is 4.86. The number of amides is 1. The number of esters is 1. The Morgan fingerprint density at radius 3 is 2.93 bits per heavy atom. The van der Waals surface area contributed by atoms with Crippen LogP contribution in [0, 0.1) is 5.82 Å². The van der Waals surface area contributed by atoms with Gasteiger partial charge in [0, 0.05) is 10.9 Å². The van der Waals surface area contributed by atoms with Crippen molar-refractivity contribution in [3.8, 4) is 11.4 Å². The third-order valence-corrected chi connectivity index (χ3v) is 4.37. The second kappa shape index (κ2) is 8.23. The Balaban J connectivity index is 1.54. The quantitative estimate of drug-likeness (QED) is 0.628. The van der Waals surface area contributed by atoms with Crippen molar-refractivity contribution in [2.75, 3.05) is 5.32 Å². The predicted octanol–water partition coefficient (Wildman–Crippen LogP) is 2.76. The van der Waals surface area contributed by atoms with Gasteiger partial charge in [-0.15, -0.1) is 10.2 Å². The SMILES string of the molecule is C[C@H](OC(=O)Cn1nnc(-c2ccsc2)n1)C(=O)Nc1ccc(F)cc1Cl. The zero-order valence-corrected chi connectivity index (χ0v) is 15.5. The van der Waals surface area contributed by atoms with Crippen LogP contribution in [0.2, 0.25) is 5.02 Å². The van der Waals surface area contributed by atoms with Gasteiger partial charge in [0.15, 0.2) is 12.6 Å². The number of ether oxygens (including phenoxy) is 1. The maximum atomic E-state index is 13.0. The van der Waals surface area contributed by atoms with Crippen molar-refractivity contribution in [2.45, 2.75) is 19.6 Å². The smallest absolute Gasteiger partial charge is 0.330 e. The topological polar surface area (TPSA) is 99.0 Å². The van der Waals surface area contributed by atoms with Gasteiger partial charge >= 0.3 is 5.97 Å². The summed E-state index contributed by atoms with van der Waals surface area (Å²) >= 11 is 7.34. The lowest BCUT2D eigenvalue weighted by Crippen LogP contribution is -2.31. The molecule has 1 atom stereocenters. The lowest BCUT2D eigenvalue weighted by atomic mass is 10.3. The average Bonchev–Trinajstić information content (AvgIpc) is 3.28. The third-order valence-electron chi connectivity index (χ3n) is 3.37. The van der Waals surface area contributed by atoms with Gasteiger partial charge in [0.1, 0.15) is 5.82 Å². The fraction of sp³-hybridized carbons (Fsp3) is 0.188. The molecule has 3 rings (SSSR count). The number of benzene rings is 1. The molecule has 0 aliphatic carbocycles. The molecule has 0 bridgehead atoms. The summed E-state index contributed by atoms with van der Waals surface area (Å²) in [6, 6.07) is 5.36. The van der Waals surface area contributed by atoms with Gasteiger partial charge in [-0.2, -0.15) is 16.1 Å². The summed E-state index contributed by atoms with van der Waals surface area (Å²) in [6.07, 6.45) is -1.10. The number of tetrazole rings is 1. The number of halogens is 2. The number of thiophene rings is 1. The number of nitrogens with zero attached hydrogens (tertiary/aromatic N) is 4. The van der Waals surface area contributed by atoms with Gasteiger partial charge in [-0.3, -0.25) is 4.79 Å². The standard InChI is InChI=1S/C16H13ClFN5O3S/c1-9(16(25)19-13-3-2-11(18)6-12(13)17)26-14(24)7-23-21-15(20-22-23)10-4-5-27-8-10/h2-6,8-9H,7H2,1H3,(H,19,25)/t9-/m0/s1. The number of hydrogen-bond acceptors (Lipinski definition) is 7. The maximum Gasteiger partial charge on any atom is 0.330 e. The number of nitrogens with one attached hydrogen (secondary N) is 1. The Labute approximate surface area is 161 Å². The molecular weight excluding hydrogens is 397 g/mol. The van der Waals surface area contributed by atoms with E-state index < -0.39 is 23.8 Å². The van der Waals surface area contributed by atoms with Crippen LogP contribution in [0.1, 0.15) is 6.92 Å². The Morgan fingerprint density at radius 2 is 2.22 bits per heavy atom. The number of anilines is 1. The van der Waals surface area contributed by atoms with Gasteiger partial charge in [-0.1, -0.05) is 11.6 Å². The van der Waals surface area contributed by atoms with Gasteiger partial charge in [-0.05, 0) is 41.8 Å². The van der Waals surface area contributed by atoms with E-state index in [4.69, 9.17) is 16.3 Å². The number of carbonyl (C=O) groups is 2. The molecule has 27 heavy (non-hydrogen) atoms. The van der Waals surface area contributed by atoms with Crippen LogP contribution in [0.4, 0.5) is 10.1 Å². The van der Waals surface area contributed by atoms with Crippen LogP contribution < -0.4 is 5.32 Å². The minimum absolute atomic E-state index is 0.0367. The van der Waals surface area contributed by atoms with Crippen LogP contribution in [0.15, 0.2) is 35.0 Å². The molecule has 0 unspecified atom stereocenters. The Kier molecular flexibility index (Phi) is 5.77. The molecule has 2 heterocycles. The maximum absolute atomic E-state index is 13.0. The molecule has 11 heteroatoms. The Morgan fingerprint density at radius 1 is 1.41 bits per heavy atom. The molecule has 0 saturated carbocycles. The molecule has 1 N–H and O–H groups in total. The van der Waals surface area contributed by atoms with Crippen LogP contribution in [-0.2, 0) is 20.9 Å². The highest BCUT2D eigenvalue weighted by molar-refractivity contribution is 7.08. The summed E-state index contributed by atoms with van der Waals surface area (Å²) < 4.78 is 18.1. The molecule has 0 spiro atoms. The fourth-order valence-electron chi connectivity index (χ4n) is 2.05. The summed E-state index contributed by atoms with van der Waals surface area (Å²) in [6.45, 7) is 1.10. The Bertz CT molecular complexity index is 963. The molecule has 0 aliphatic heterocycles. The monoisotopic (exact) mass is 409 g/mol. The van der Waals surface area contributed by atoms with Crippen molar-refractivity contribution >= 4 is 40.5 Å². The van der Waals surface area contributed by atoms with Gasteiger partial charge in [-0.25, -0.2) is 9.18 Å². The molecule has 1 amide bonds.